The number of aryl methyl sites for hydroxylation is 1. The lowest BCUT2D eigenvalue weighted by Crippen LogP contribution is -2.13. The lowest BCUT2D eigenvalue weighted by Gasteiger charge is -2.15. The molecule has 0 unspecified atom stereocenters. The Kier molecular flexibility index (Phi) is 10.6. The molecule has 1 rings (SSSR count). The number of carbonyl (C=O) groups is 2. The number of unbranched alkanes of at least 4 members (excludes halogenated alkanes) is 6. The lowest BCUT2D eigenvalue weighted by atomic mass is 9.89. The highest BCUT2D eigenvalue weighted by Gasteiger charge is 2.21. The van der Waals surface area contributed by atoms with Crippen molar-refractivity contribution in [1.82, 2.24) is 0 Å². The maximum absolute atomic E-state index is 11.8. The molecule has 146 valence electrons. The Hall–Kier alpha value is -1.92. The Labute approximate surface area is 154 Å². The molecule has 4 N–H and O–H groups in total. The Balaban J connectivity index is 2.95. The second-order valence-electron chi connectivity index (χ2n) is 6.51. The fraction of sp³-hybridized carbons (Fsp3) is 0.600. The number of aliphatic hydroxyl groups is 2. The Bertz CT molecular complexity index is 582. The van der Waals surface area contributed by atoms with Gasteiger partial charge in [-0.3, -0.25) is 0 Å². The molecular weight excluding hydrogens is 336 g/mol. The molecule has 1 aromatic rings. The van der Waals surface area contributed by atoms with Crippen molar-refractivity contribution >= 4 is 11.9 Å². The van der Waals surface area contributed by atoms with Gasteiger partial charge in [0, 0.05) is 13.2 Å². The minimum Gasteiger partial charge on any atom is -0.478 e. The number of carboxylic acid groups (broad SMARTS) is 2. The van der Waals surface area contributed by atoms with E-state index < -0.39 is 11.9 Å². The number of hydrogen-bond donors (Lipinski definition) is 4. The molecule has 6 heteroatoms. The molecule has 26 heavy (non-hydrogen) atoms. The average Bonchev–Trinajstić information content (AvgIpc) is 2.60. The van der Waals surface area contributed by atoms with E-state index in [4.69, 9.17) is 10.2 Å². The van der Waals surface area contributed by atoms with E-state index in [-0.39, 0.29) is 24.3 Å². The van der Waals surface area contributed by atoms with Gasteiger partial charge in [-0.05, 0) is 55.7 Å². The number of benzene rings is 1. The molecule has 0 aliphatic carbocycles. The van der Waals surface area contributed by atoms with Gasteiger partial charge in [0.15, 0.2) is 0 Å². The van der Waals surface area contributed by atoms with Crippen molar-refractivity contribution in [3.63, 3.8) is 0 Å². The van der Waals surface area contributed by atoms with Crippen molar-refractivity contribution in [2.45, 2.75) is 64.2 Å². The van der Waals surface area contributed by atoms with Gasteiger partial charge < -0.3 is 20.4 Å². The van der Waals surface area contributed by atoms with Crippen LogP contribution in [0.25, 0.3) is 0 Å². The summed E-state index contributed by atoms with van der Waals surface area (Å²) in [5, 5.41) is 36.7. The van der Waals surface area contributed by atoms with Crippen LogP contribution >= 0.6 is 0 Å². The molecule has 0 aliphatic heterocycles. The Morgan fingerprint density at radius 3 is 1.73 bits per heavy atom. The van der Waals surface area contributed by atoms with E-state index in [0.29, 0.717) is 36.8 Å². The summed E-state index contributed by atoms with van der Waals surface area (Å²) in [5.74, 6) is -2.18. The highest BCUT2D eigenvalue weighted by atomic mass is 16.4. The van der Waals surface area contributed by atoms with Crippen molar-refractivity contribution in [2.75, 3.05) is 13.2 Å². The maximum Gasteiger partial charge on any atom is 0.336 e. The quantitative estimate of drug-likeness (QED) is 0.376. The van der Waals surface area contributed by atoms with Gasteiger partial charge in [-0.2, -0.15) is 0 Å². The molecule has 0 radical (unpaired) electrons. The minimum absolute atomic E-state index is 0.0635. The SMILES string of the molecule is O=C(O)c1ccc(CCCCCCO)c(C(=O)O)c1CCCCCCO. The second-order valence-corrected chi connectivity index (χ2v) is 6.51. The fourth-order valence-electron chi connectivity index (χ4n) is 3.18. The van der Waals surface area contributed by atoms with Crippen LogP contribution in [0.15, 0.2) is 12.1 Å². The lowest BCUT2D eigenvalue weighted by molar-refractivity contribution is 0.0694. The molecule has 0 saturated carbocycles. The van der Waals surface area contributed by atoms with Crippen LogP contribution in [0.2, 0.25) is 0 Å². The van der Waals surface area contributed by atoms with Crippen molar-refractivity contribution in [3.05, 3.63) is 34.4 Å². The number of hydrogen-bond acceptors (Lipinski definition) is 4. The van der Waals surface area contributed by atoms with Gasteiger partial charge in [-0.15, -0.1) is 0 Å². The molecule has 0 aromatic heterocycles. The normalized spacial score (nSPS) is 10.8. The molecule has 0 spiro atoms. The number of aliphatic hydroxyl groups excluding tert-OH is 2. The first-order valence-electron chi connectivity index (χ1n) is 9.36. The molecule has 1 aromatic carbocycles. The van der Waals surface area contributed by atoms with Gasteiger partial charge in [0.25, 0.3) is 0 Å². The Morgan fingerprint density at radius 2 is 1.23 bits per heavy atom. The zero-order valence-corrected chi connectivity index (χ0v) is 15.2. The third-order valence-corrected chi connectivity index (χ3v) is 4.53. The molecule has 0 atom stereocenters. The molecule has 0 fully saturated rings. The van der Waals surface area contributed by atoms with E-state index in [1.807, 2.05) is 0 Å². The van der Waals surface area contributed by atoms with Crippen LogP contribution in [0.5, 0.6) is 0 Å². The zero-order valence-electron chi connectivity index (χ0n) is 15.2. The summed E-state index contributed by atoms with van der Waals surface area (Å²) < 4.78 is 0. The van der Waals surface area contributed by atoms with E-state index in [0.717, 1.165) is 38.5 Å². The van der Waals surface area contributed by atoms with Crippen LogP contribution in [0.4, 0.5) is 0 Å². The number of rotatable bonds is 14. The fourth-order valence-corrected chi connectivity index (χ4v) is 3.18. The van der Waals surface area contributed by atoms with Crippen LogP contribution in [0.3, 0.4) is 0 Å². The Morgan fingerprint density at radius 1 is 0.692 bits per heavy atom. The highest BCUT2D eigenvalue weighted by Crippen LogP contribution is 2.24. The molecule has 0 aliphatic rings. The topological polar surface area (TPSA) is 115 Å². The molecule has 0 amide bonds. The molecule has 0 heterocycles. The van der Waals surface area contributed by atoms with Gasteiger partial charge in [0.05, 0.1) is 11.1 Å². The zero-order chi connectivity index (χ0) is 19.4. The van der Waals surface area contributed by atoms with Crippen LogP contribution in [0.1, 0.15) is 83.2 Å². The summed E-state index contributed by atoms with van der Waals surface area (Å²) in [6, 6.07) is 3.13. The number of carboxylic acids is 2. The van der Waals surface area contributed by atoms with Crippen LogP contribution in [-0.4, -0.2) is 45.6 Å². The standard InChI is InChI=1S/C20H30O6/c21-13-7-3-1-5-9-15-11-12-17(19(23)24)16(18(15)20(25)26)10-6-2-4-8-14-22/h11-12,21-22H,1-10,13-14H2,(H,23,24)(H,25,26). The van der Waals surface area contributed by atoms with E-state index in [2.05, 4.69) is 0 Å². The van der Waals surface area contributed by atoms with Gasteiger partial charge in [-0.25, -0.2) is 9.59 Å². The first-order chi connectivity index (χ1) is 12.5. The summed E-state index contributed by atoms with van der Waals surface area (Å²) in [6.45, 7) is 0.292. The predicted octanol–water partition coefficient (Wildman–Crippen LogP) is 3.27. The number of aromatic carboxylic acids is 2. The van der Waals surface area contributed by atoms with Crippen molar-refractivity contribution in [3.8, 4) is 0 Å². The van der Waals surface area contributed by atoms with E-state index >= 15 is 0 Å². The predicted molar refractivity (Wildman–Crippen MR) is 98.9 cm³/mol. The maximum atomic E-state index is 11.8. The van der Waals surface area contributed by atoms with Gasteiger partial charge in [-0.1, -0.05) is 31.7 Å². The molecule has 0 saturated heterocycles. The molecule has 0 bridgehead atoms. The van der Waals surface area contributed by atoms with E-state index in [9.17, 15) is 19.8 Å². The largest absolute Gasteiger partial charge is 0.478 e. The van der Waals surface area contributed by atoms with Gasteiger partial charge in [0.1, 0.15) is 0 Å². The third-order valence-electron chi connectivity index (χ3n) is 4.53. The van der Waals surface area contributed by atoms with Crippen molar-refractivity contribution < 1.29 is 30.0 Å². The summed E-state index contributed by atoms with van der Waals surface area (Å²) in [4.78, 5) is 23.4. The summed E-state index contributed by atoms with van der Waals surface area (Å²) in [5.41, 5.74) is 1.28. The van der Waals surface area contributed by atoms with Crippen molar-refractivity contribution in [2.24, 2.45) is 0 Å². The highest BCUT2D eigenvalue weighted by molar-refractivity contribution is 5.97. The monoisotopic (exact) mass is 366 g/mol. The first kappa shape index (κ1) is 22.1. The van der Waals surface area contributed by atoms with Crippen LogP contribution in [0, 0.1) is 0 Å². The smallest absolute Gasteiger partial charge is 0.336 e. The minimum atomic E-state index is -1.10. The molecular formula is C20H30O6. The van der Waals surface area contributed by atoms with Crippen LogP contribution < -0.4 is 0 Å². The summed E-state index contributed by atoms with van der Waals surface area (Å²) in [7, 11) is 0. The second kappa shape index (κ2) is 12.4. The third kappa shape index (κ3) is 7.14. The van der Waals surface area contributed by atoms with Gasteiger partial charge >= 0.3 is 11.9 Å². The molecule has 6 nitrogen and oxygen atoms in total. The van der Waals surface area contributed by atoms with Gasteiger partial charge in [0.2, 0.25) is 0 Å². The summed E-state index contributed by atoms with van der Waals surface area (Å²) >= 11 is 0. The van der Waals surface area contributed by atoms with E-state index in [1.54, 1.807) is 6.07 Å². The first-order valence-corrected chi connectivity index (χ1v) is 9.36. The average molecular weight is 366 g/mol. The summed E-state index contributed by atoms with van der Waals surface area (Å²) in [6.07, 6.45) is 7.39. The van der Waals surface area contributed by atoms with Crippen LogP contribution in [-0.2, 0) is 12.8 Å². The van der Waals surface area contributed by atoms with E-state index in [1.165, 1.54) is 6.07 Å². The van der Waals surface area contributed by atoms with Crippen molar-refractivity contribution in [1.29, 1.82) is 0 Å².